The Hall–Kier alpha value is -2.82. The van der Waals surface area contributed by atoms with Crippen molar-refractivity contribution < 1.29 is 14.3 Å². The summed E-state index contributed by atoms with van der Waals surface area (Å²) >= 11 is 0. The summed E-state index contributed by atoms with van der Waals surface area (Å²) in [5, 5.41) is 3.02. The van der Waals surface area contributed by atoms with Gasteiger partial charge in [-0.25, -0.2) is 0 Å². The van der Waals surface area contributed by atoms with Crippen LogP contribution in [0.2, 0.25) is 0 Å². The topological polar surface area (TPSA) is 58.6 Å². The number of carbonyl (C=O) groups excluding carboxylic acids is 2. The monoisotopic (exact) mass is 408 g/mol. The van der Waals surface area contributed by atoms with E-state index in [-0.39, 0.29) is 17.7 Å². The van der Waals surface area contributed by atoms with E-state index in [0.717, 1.165) is 31.4 Å². The lowest BCUT2D eigenvalue weighted by molar-refractivity contribution is -0.135. The Bertz CT molecular complexity index is 814. The van der Waals surface area contributed by atoms with E-state index in [0.29, 0.717) is 32.7 Å². The molecule has 0 unspecified atom stereocenters. The summed E-state index contributed by atoms with van der Waals surface area (Å²) in [6.45, 7) is 4.57. The fourth-order valence-corrected chi connectivity index (χ4v) is 3.77. The van der Waals surface area contributed by atoms with Crippen LogP contribution >= 0.6 is 0 Å². The molecule has 0 aromatic heterocycles. The van der Waals surface area contributed by atoms with Crippen molar-refractivity contribution in [3.05, 3.63) is 65.7 Å². The molecule has 160 valence electrons. The number of amides is 2. The molecule has 0 spiro atoms. The Morgan fingerprint density at radius 2 is 1.83 bits per heavy atom. The van der Waals surface area contributed by atoms with Crippen LogP contribution in [-0.2, 0) is 16.0 Å². The van der Waals surface area contributed by atoms with E-state index in [4.69, 9.17) is 4.74 Å². The molecular formula is C25H32N2O3. The number of piperidine rings is 1. The molecule has 0 saturated carbocycles. The maximum atomic E-state index is 12.4. The van der Waals surface area contributed by atoms with E-state index < -0.39 is 0 Å². The molecule has 5 heteroatoms. The normalized spacial score (nSPS) is 14.4. The molecular weight excluding hydrogens is 376 g/mol. The molecule has 0 radical (unpaired) electrons. The zero-order valence-corrected chi connectivity index (χ0v) is 17.8. The largest absolute Gasteiger partial charge is 0.494 e. The van der Waals surface area contributed by atoms with Gasteiger partial charge in [0.05, 0.1) is 6.61 Å². The van der Waals surface area contributed by atoms with Gasteiger partial charge in [0, 0.05) is 32.0 Å². The summed E-state index contributed by atoms with van der Waals surface area (Å²) in [6, 6.07) is 18.1. The van der Waals surface area contributed by atoms with Gasteiger partial charge in [0.25, 0.3) is 0 Å². The van der Waals surface area contributed by atoms with Crippen molar-refractivity contribution in [3.63, 3.8) is 0 Å². The number of hydrogen-bond acceptors (Lipinski definition) is 3. The van der Waals surface area contributed by atoms with E-state index in [1.807, 2.05) is 54.3 Å². The highest BCUT2D eigenvalue weighted by Crippen LogP contribution is 2.19. The minimum Gasteiger partial charge on any atom is -0.494 e. The van der Waals surface area contributed by atoms with Gasteiger partial charge in [0.15, 0.2) is 0 Å². The number of benzene rings is 2. The lowest BCUT2D eigenvalue weighted by Gasteiger charge is -2.31. The first-order valence-corrected chi connectivity index (χ1v) is 10.9. The zero-order chi connectivity index (χ0) is 21.2. The highest BCUT2D eigenvalue weighted by Gasteiger charge is 2.26. The summed E-state index contributed by atoms with van der Waals surface area (Å²) in [4.78, 5) is 26.8. The minimum absolute atomic E-state index is 0.000801. The Balaban J connectivity index is 1.28. The van der Waals surface area contributed by atoms with Crippen LogP contribution in [-0.4, -0.2) is 43.0 Å². The maximum Gasteiger partial charge on any atom is 0.223 e. The van der Waals surface area contributed by atoms with Gasteiger partial charge in [-0.2, -0.15) is 0 Å². The second-order valence-electron chi connectivity index (χ2n) is 7.95. The molecule has 1 aliphatic rings. The fraction of sp³-hybridized carbons (Fsp3) is 0.440. The van der Waals surface area contributed by atoms with Crippen molar-refractivity contribution in [1.29, 1.82) is 0 Å². The van der Waals surface area contributed by atoms with Gasteiger partial charge in [-0.15, -0.1) is 0 Å². The fourth-order valence-electron chi connectivity index (χ4n) is 3.77. The summed E-state index contributed by atoms with van der Waals surface area (Å²) < 4.78 is 5.71. The van der Waals surface area contributed by atoms with Crippen molar-refractivity contribution in [2.24, 2.45) is 5.92 Å². The van der Waals surface area contributed by atoms with Crippen molar-refractivity contribution in [1.82, 2.24) is 10.2 Å². The molecule has 3 rings (SSSR count). The van der Waals surface area contributed by atoms with Crippen LogP contribution in [0.1, 0.15) is 36.8 Å². The summed E-state index contributed by atoms with van der Waals surface area (Å²) in [7, 11) is 0. The average Bonchev–Trinajstić information content (AvgIpc) is 2.78. The molecule has 1 N–H and O–H groups in total. The van der Waals surface area contributed by atoms with Gasteiger partial charge < -0.3 is 15.0 Å². The molecule has 2 amide bonds. The quantitative estimate of drug-likeness (QED) is 0.643. The van der Waals surface area contributed by atoms with Gasteiger partial charge in [-0.05, 0) is 55.9 Å². The van der Waals surface area contributed by atoms with E-state index >= 15 is 0 Å². The van der Waals surface area contributed by atoms with Crippen molar-refractivity contribution in [3.8, 4) is 5.75 Å². The van der Waals surface area contributed by atoms with Crippen LogP contribution in [0.5, 0.6) is 5.75 Å². The second-order valence-corrected chi connectivity index (χ2v) is 7.95. The molecule has 0 aliphatic carbocycles. The number of ether oxygens (including phenoxy) is 1. The molecule has 1 fully saturated rings. The number of aryl methyl sites for hydroxylation is 2. The van der Waals surface area contributed by atoms with E-state index in [1.54, 1.807) is 0 Å². The molecule has 30 heavy (non-hydrogen) atoms. The number of likely N-dealkylation sites (tertiary alicyclic amines) is 1. The maximum absolute atomic E-state index is 12.4. The number of nitrogens with one attached hydrogen (secondary N) is 1. The molecule has 2 aromatic rings. The van der Waals surface area contributed by atoms with Crippen molar-refractivity contribution >= 4 is 11.8 Å². The SMILES string of the molecule is Cc1cccc(OCCCNC(=O)C2CCN(C(=O)CCc3ccccc3)CC2)c1. The summed E-state index contributed by atoms with van der Waals surface area (Å²) in [5.41, 5.74) is 2.36. The third-order valence-electron chi connectivity index (χ3n) is 5.57. The smallest absolute Gasteiger partial charge is 0.223 e. The van der Waals surface area contributed by atoms with Crippen molar-refractivity contribution in [2.75, 3.05) is 26.2 Å². The molecule has 1 aliphatic heterocycles. The first-order chi connectivity index (χ1) is 14.6. The number of nitrogens with zero attached hydrogens (tertiary/aromatic N) is 1. The first kappa shape index (κ1) is 21.9. The average molecular weight is 409 g/mol. The van der Waals surface area contributed by atoms with Gasteiger partial charge >= 0.3 is 0 Å². The van der Waals surface area contributed by atoms with Gasteiger partial charge in [-0.1, -0.05) is 42.5 Å². The van der Waals surface area contributed by atoms with Gasteiger partial charge in [0.1, 0.15) is 5.75 Å². The number of hydrogen-bond donors (Lipinski definition) is 1. The Morgan fingerprint density at radius 1 is 1.07 bits per heavy atom. The van der Waals surface area contributed by atoms with Crippen LogP contribution in [0.3, 0.4) is 0 Å². The predicted molar refractivity (Wildman–Crippen MR) is 118 cm³/mol. The van der Waals surface area contributed by atoms with Crippen molar-refractivity contribution in [2.45, 2.75) is 39.0 Å². The molecule has 0 bridgehead atoms. The summed E-state index contributed by atoms with van der Waals surface area (Å²) in [5.74, 6) is 1.15. The van der Waals surface area contributed by atoms with E-state index in [1.165, 1.54) is 11.1 Å². The molecule has 5 nitrogen and oxygen atoms in total. The van der Waals surface area contributed by atoms with Crippen LogP contribution in [0, 0.1) is 12.8 Å². The highest BCUT2D eigenvalue weighted by molar-refractivity contribution is 5.80. The van der Waals surface area contributed by atoms with Crippen LogP contribution in [0.4, 0.5) is 0 Å². The first-order valence-electron chi connectivity index (χ1n) is 10.9. The third-order valence-corrected chi connectivity index (χ3v) is 5.57. The number of rotatable bonds is 9. The molecule has 1 saturated heterocycles. The molecule has 2 aromatic carbocycles. The van der Waals surface area contributed by atoms with Gasteiger partial charge in [0.2, 0.25) is 11.8 Å². The van der Waals surface area contributed by atoms with E-state index in [2.05, 4.69) is 17.4 Å². The Labute approximate surface area is 179 Å². The Kier molecular flexibility index (Phi) is 8.30. The predicted octanol–water partition coefficient (Wildman–Crippen LogP) is 3.75. The van der Waals surface area contributed by atoms with E-state index in [9.17, 15) is 9.59 Å². The lowest BCUT2D eigenvalue weighted by atomic mass is 9.95. The third kappa shape index (κ3) is 6.90. The second kappa shape index (κ2) is 11.4. The summed E-state index contributed by atoms with van der Waals surface area (Å²) in [6.07, 6.45) is 3.55. The van der Waals surface area contributed by atoms with Crippen LogP contribution in [0.25, 0.3) is 0 Å². The van der Waals surface area contributed by atoms with Crippen LogP contribution in [0.15, 0.2) is 54.6 Å². The minimum atomic E-state index is 0.000801. The number of carbonyl (C=O) groups is 2. The Morgan fingerprint density at radius 3 is 2.57 bits per heavy atom. The van der Waals surface area contributed by atoms with Gasteiger partial charge in [-0.3, -0.25) is 9.59 Å². The lowest BCUT2D eigenvalue weighted by Crippen LogP contribution is -2.43. The van der Waals surface area contributed by atoms with Crippen LogP contribution < -0.4 is 10.1 Å². The molecule has 0 atom stereocenters. The molecule has 1 heterocycles. The zero-order valence-electron chi connectivity index (χ0n) is 17.8. The standard InChI is InChI=1S/C25H32N2O3/c1-20-7-5-10-23(19-20)30-18-6-15-26-25(29)22-13-16-27(17-14-22)24(28)12-11-21-8-3-2-4-9-21/h2-5,7-10,19,22H,6,11-18H2,1H3,(H,26,29). The highest BCUT2D eigenvalue weighted by atomic mass is 16.5.